The Morgan fingerprint density at radius 1 is 1.03 bits per heavy atom. The predicted molar refractivity (Wildman–Crippen MR) is 117 cm³/mol. The number of amides is 2. The fraction of sp³-hybridized carbons (Fsp3) is 0.304. The van der Waals surface area contributed by atoms with Gasteiger partial charge in [-0.05, 0) is 42.7 Å². The molecule has 3 aromatic rings. The van der Waals surface area contributed by atoms with Crippen molar-refractivity contribution in [3.63, 3.8) is 0 Å². The molecule has 1 fully saturated rings. The van der Waals surface area contributed by atoms with Crippen LogP contribution in [0.5, 0.6) is 0 Å². The molecule has 2 aromatic heterocycles. The average molecular weight is 436 g/mol. The van der Waals surface area contributed by atoms with E-state index in [1.165, 1.54) is 0 Å². The van der Waals surface area contributed by atoms with Crippen molar-refractivity contribution in [2.24, 2.45) is 0 Å². The van der Waals surface area contributed by atoms with Crippen molar-refractivity contribution in [2.75, 3.05) is 18.0 Å². The van der Waals surface area contributed by atoms with E-state index in [2.05, 4.69) is 10.1 Å². The summed E-state index contributed by atoms with van der Waals surface area (Å²) in [4.78, 5) is 33.8. The second kappa shape index (κ2) is 7.81. The molecule has 1 saturated heterocycles. The van der Waals surface area contributed by atoms with Crippen molar-refractivity contribution in [1.29, 1.82) is 0 Å². The molecule has 2 aliphatic rings. The second-order valence-corrected chi connectivity index (χ2v) is 8.52. The molecular formula is C23H22ClN5O2. The number of likely N-dealkylation sites (tertiary alicyclic amines) is 1. The van der Waals surface area contributed by atoms with Gasteiger partial charge in [-0.15, -0.1) is 0 Å². The predicted octanol–water partition coefficient (Wildman–Crippen LogP) is 3.50. The van der Waals surface area contributed by atoms with Crippen LogP contribution in [-0.2, 0) is 16.9 Å². The number of piperidine rings is 1. The molecule has 2 amide bonds. The van der Waals surface area contributed by atoms with Crippen molar-refractivity contribution < 1.29 is 9.59 Å². The zero-order valence-electron chi connectivity index (χ0n) is 16.9. The lowest BCUT2D eigenvalue weighted by Crippen LogP contribution is -2.54. The Balaban J connectivity index is 1.36. The van der Waals surface area contributed by atoms with Crippen LogP contribution in [0.4, 0.5) is 5.82 Å². The van der Waals surface area contributed by atoms with Crippen LogP contribution in [0.15, 0.2) is 61.1 Å². The van der Waals surface area contributed by atoms with Gasteiger partial charge in [0.2, 0.25) is 5.91 Å². The van der Waals surface area contributed by atoms with Crippen molar-refractivity contribution >= 4 is 29.2 Å². The van der Waals surface area contributed by atoms with Gasteiger partial charge in [0, 0.05) is 31.5 Å². The third-order valence-electron chi connectivity index (χ3n) is 6.31. The number of rotatable bonds is 3. The van der Waals surface area contributed by atoms with Crippen LogP contribution in [0.25, 0.3) is 0 Å². The van der Waals surface area contributed by atoms with Gasteiger partial charge in [-0.2, -0.15) is 5.10 Å². The van der Waals surface area contributed by atoms with Crippen LogP contribution in [0.1, 0.15) is 35.2 Å². The summed E-state index contributed by atoms with van der Waals surface area (Å²) in [5.74, 6) is 0.817. The van der Waals surface area contributed by atoms with Crippen LogP contribution in [0.3, 0.4) is 0 Å². The maximum atomic E-state index is 13.2. The zero-order chi connectivity index (χ0) is 21.4. The summed E-state index contributed by atoms with van der Waals surface area (Å²) < 4.78 is 1.99. The minimum atomic E-state index is -0.401. The van der Waals surface area contributed by atoms with Crippen LogP contribution < -0.4 is 4.90 Å². The van der Waals surface area contributed by atoms with E-state index in [1.54, 1.807) is 35.6 Å². The number of pyridine rings is 1. The van der Waals surface area contributed by atoms with Crippen LogP contribution in [0.2, 0.25) is 5.02 Å². The molecule has 1 aromatic carbocycles. The van der Waals surface area contributed by atoms with Crippen LogP contribution in [-0.4, -0.2) is 44.6 Å². The van der Waals surface area contributed by atoms with E-state index in [-0.39, 0.29) is 11.8 Å². The molecule has 0 radical (unpaired) electrons. The smallest absolute Gasteiger partial charge is 0.255 e. The van der Waals surface area contributed by atoms with Gasteiger partial charge in [0.05, 0.1) is 35.3 Å². The van der Waals surface area contributed by atoms with Crippen LogP contribution >= 0.6 is 11.6 Å². The first kappa shape index (κ1) is 19.8. The number of carbonyl (C=O) groups is 2. The van der Waals surface area contributed by atoms with E-state index in [4.69, 9.17) is 11.6 Å². The van der Waals surface area contributed by atoms with Crippen molar-refractivity contribution in [3.8, 4) is 0 Å². The van der Waals surface area contributed by atoms with E-state index in [0.29, 0.717) is 49.5 Å². The molecule has 0 saturated carbocycles. The number of aromatic nitrogens is 3. The van der Waals surface area contributed by atoms with Gasteiger partial charge in [0.25, 0.3) is 5.91 Å². The van der Waals surface area contributed by atoms with Crippen molar-refractivity contribution in [2.45, 2.75) is 31.3 Å². The number of nitrogens with zero attached hydrogens (tertiary/aromatic N) is 5. The molecule has 8 heteroatoms. The highest BCUT2D eigenvalue weighted by atomic mass is 35.5. The summed E-state index contributed by atoms with van der Waals surface area (Å²) in [5.41, 5.74) is 1.14. The Morgan fingerprint density at radius 2 is 1.77 bits per heavy atom. The van der Waals surface area contributed by atoms with Crippen LogP contribution in [0, 0.1) is 0 Å². The normalized spacial score (nSPS) is 17.6. The summed E-state index contributed by atoms with van der Waals surface area (Å²) >= 11 is 6.22. The minimum Gasteiger partial charge on any atom is -0.338 e. The van der Waals surface area contributed by atoms with E-state index >= 15 is 0 Å². The number of halogens is 1. The molecule has 31 heavy (non-hydrogen) atoms. The molecule has 1 spiro atoms. The number of carbonyl (C=O) groups excluding carboxylic acids is 2. The first-order valence-corrected chi connectivity index (χ1v) is 10.7. The highest BCUT2D eigenvalue weighted by Gasteiger charge is 2.46. The largest absolute Gasteiger partial charge is 0.338 e. The maximum Gasteiger partial charge on any atom is 0.255 e. The van der Waals surface area contributed by atoms with Gasteiger partial charge < -0.3 is 4.90 Å². The van der Waals surface area contributed by atoms with Gasteiger partial charge in [-0.3, -0.25) is 19.5 Å². The number of hydrogen-bond donors (Lipinski definition) is 0. The number of hydrogen-bond acceptors (Lipinski definition) is 4. The summed E-state index contributed by atoms with van der Waals surface area (Å²) in [6, 6.07) is 12.8. The summed E-state index contributed by atoms with van der Waals surface area (Å²) in [6.07, 6.45) is 6.93. The Morgan fingerprint density at radius 3 is 2.52 bits per heavy atom. The number of fused-ring (bicyclic) bond motifs is 2. The molecule has 0 N–H and O–H groups in total. The highest BCUT2D eigenvalue weighted by Crippen LogP contribution is 2.41. The summed E-state index contributed by atoms with van der Waals surface area (Å²) in [6.45, 7) is 1.60. The lowest BCUT2D eigenvalue weighted by molar-refractivity contribution is -0.123. The fourth-order valence-electron chi connectivity index (χ4n) is 4.61. The Kier molecular flexibility index (Phi) is 4.98. The molecular weight excluding hydrogens is 414 g/mol. The molecule has 0 bridgehead atoms. The van der Waals surface area contributed by atoms with E-state index in [0.717, 1.165) is 11.4 Å². The first-order chi connectivity index (χ1) is 15.1. The fourth-order valence-corrected chi connectivity index (χ4v) is 4.82. The quantitative estimate of drug-likeness (QED) is 0.631. The molecule has 0 unspecified atom stereocenters. The average Bonchev–Trinajstić information content (AvgIpc) is 3.29. The van der Waals surface area contributed by atoms with E-state index in [1.807, 2.05) is 39.9 Å². The lowest BCUT2D eigenvalue weighted by Gasteiger charge is -2.46. The Labute approximate surface area is 185 Å². The standard InChI is InChI=1S/C23H22ClN5O2/c24-19-4-2-1-3-18(19)22(31)27-13-8-23(9-14-27)15-21(30)28(20-7-12-26-29(20)23)16-17-5-10-25-11-6-17/h1-7,10-12H,8-9,13-16H2. The van der Waals surface area contributed by atoms with Gasteiger partial charge in [0.15, 0.2) is 0 Å². The molecule has 5 rings (SSSR count). The van der Waals surface area contributed by atoms with E-state index < -0.39 is 5.54 Å². The number of anilines is 1. The topological polar surface area (TPSA) is 71.3 Å². The van der Waals surface area contributed by atoms with E-state index in [9.17, 15) is 9.59 Å². The monoisotopic (exact) mass is 435 g/mol. The third-order valence-corrected chi connectivity index (χ3v) is 6.64. The molecule has 158 valence electrons. The van der Waals surface area contributed by atoms with Gasteiger partial charge >= 0.3 is 0 Å². The molecule has 4 heterocycles. The summed E-state index contributed by atoms with van der Waals surface area (Å²) in [7, 11) is 0. The first-order valence-electron chi connectivity index (χ1n) is 10.3. The number of benzene rings is 1. The molecule has 0 atom stereocenters. The molecule has 2 aliphatic heterocycles. The Bertz CT molecular complexity index is 1120. The van der Waals surface area contributed by atoms with Gasteiger partial charge in [0.1, 0.15) is 5.82 Å². The second-order valence-electron chi connectivity index (χ2n) is 8.11. The minimum absolute atomic E-state index is 0.0670. The SMILES string of the molecule is O=C(c1ccccc1Cl)N1CCC2(CC1)CC(=O)N(Cc1ccncc1)c1ccnn12. The van der Waals surface area contributed by atoms with Crippen molar-refractivity contribution in [3.05, 3.63) is 77.2 Å². The van der Waals surface area contributed by atoms with Crippen molar-refractivity contribution in [1.82, 2.24) is 19.7 Å². The van der Waals surface area contributed by atoms with Gasteiger partial charge in [-0.1, -0.05) is 23.7 Å². The lowest BCUT2D eigenvalue weighted by atomic mass is 9.82. The maximum absolute atomic E-state index is 13.2. The third kappa shape index (κ3) is 3.49. The molecule has 0 aliphatic carbocycles. The summed E-state index contributed by atoms with van der Waals surface area (Å²) in [5, 5.41) is 5.05. The highest BCUT2D eigenvalue weighted by molar-refractivity contribution is 6.33. The molecule has 7 nitrogen and oxygen atoms in total. The van der Waals surface area contributed by atoms with Gasteiger partial charge in [-0.25, -0.2) is 4.68 Å². The Hall–Kier alpha value is -3.19. The zero-order valence-corrected chi connectivity index (χ0v) is 17.7.